The molecule has 96 valence electrons. The molecule has 2 rings (SSSR count). The van der Waals surface area contributed by atoms with Crippen LogP contribution in [0.15, 0.2) is 30.5 Å². The van der Waals surface area contributed by atoms with Crippen molar-refractivity contribution in [2.45, 2.75) is 13.5 Å². The summed E-state index contributed by atoms with van der Waals surface area (Å²) in [4.78, 5) is 1.97. The molecule has 0 radical (unpaired) electrons. The number of halogens is 2. The van der Waals surface area contributed by atoms with E-state index in [0.29, 0.717) is 5.69 Å². The maximum atomic E-state index is 12.7. The maximum absolute atomic E-state index is 12.7. The van der Waals surface area contributed by atoms with Gasteiger partial charge in [-0.25, -0.2) is 4.68 Å². The summed E-state index contributed by atoms with van der Waals surface area (Å²) in [6.07, 6.45) is 1.48. The topological polar surface area (TPSA) is 21.1 Å². The number of nitrogens with zero attached hydrogens (tertiary/aromatic N) is 3. The average molecular weight is 251 g/mol. The molecule has 1 heterocycles. The molecule has 0 aliphatic heterocycles. The number of anilines is 1. The molecule has 0 aliphatic carbocycles. The van der Waals surface area contributed by atoms with Gasteiger partial charge in [0.05, 0.1) is 6.20 Å². The van der Waals surface area contributed by atoms with Crippen LogP contribution < -0.4 is 4.90 Å². The lowest BCUT2D eigenvalue weighted by molar-refractivity contribution is 0.0545. The molecule has 0 bridgehead atoms. The summed E-state index contributed by atoms with van der Waals surface area (Å²) in [5.41, 5.74) is 3.13. The minimum atomic E-state index is -2.60. The molecule has 5 heteroatoms. The van der Waals surface area contributed by atoms with Crippen LogP contribution in [0.2, 0.25) is 0 Å². The van der Waals surface area contributed by atoms with Crippen LogP contribution in [0.4, 0.5) is 14.5 Å². The zero-order chi connectivity index (χ0) is 13.3. The molecule has 0 N–H and O–H groups in total. The predicted molar refractivity (Wildman–Crippen MR) is 68.0 cm³/mol. The van der Waals surface area contributed by atoms with E-state index in [1.807, 2.05) is 43.3 Å². The molecule has 0 amide bonds. The second-order valence-electron chi connectivity index (χ2n) is 4.31. The van der Waals surface area contributed by atoms with Crippen LogP contribution in [-0.2, 0) is 0 Å². The number of benzene rings is 1. The van der Waals surface area contributed by atoms with Crippen LogP contribution in [0.25, 0.3) is 11.1 Å². The summed E-state index contributed by atoms with van der Waals surface area (Å²) in [6.45, 7) is -0.951. The summed E-state index contributed by atoms with van der Waals surface area (Å²) in [6, 6.07) is 7.73. The van der Waals surface area contributed by atoms with E-state index in [1.165, 1.54) is 6.20 Å². The van der Waals surface area contributed by atoms with E-state index in [9.17, 15) is 8.78 Å². The van der Waals surface area contributed by atoms with Crippen LogP contribution in [-0.4, -0.2) is 23.9 Å². The van der Waals surface area contributed by atoms with Crippen LogP contribution in [0, 0.1) is 6.92 Å². The van der Waals surface area contributed by atoms with Crippen molar-refractivity contribution in [1.82, 2.24) is 9.78 Å². The summed E-state index contributed by atoms with van der Waals surface area (Å²) >= 11 is 0. The van der Waals surface area contributed by atoms with Crippen LogP contribution in [0.5, 0.6) is 0 Å². The molecular formula is C13H15F2N3. The van der Waals surface area contributed by atoms with E-state index in [-0.39, 0.29) is 0 Å². The Kier molecular flexibility index (Phi) is 3.32. The largest absolute Gasteiger partial charge is 0.378 e. The summed E-state index contributed by atoms with van der Waals surface area (Å²) in [7, 11) is 3.88. The quantitative estimate of drug-likeness (QED) is 0.834. The highest BCUT2D eigenvalue weighted by Crippen LogP contribution is 2.28. The Balaban J connectivity index is 2.46. The van der Waals surface area contributed by atoms with Gasteiger partial charge >= 0.3 is 6.55 Å². The number of hydrogen-bond acceptors (Lipinski definition) is 2. The fourth-order valence-corrected chi connectivity index (χ4v) is 1.86. The molecule has 18 heavy (non-hydrogen) atoms. The Morgan fingerprint density at radius 2 is 2.00 bits per heavy atom. The van der Waals surface area contributed by atoms with Crippen LogP contribution in [0.3, 0.4) is 0 Å². The van der Waals surface area contributed by atoms with Crippen molar-refractivity contribution in [3.63, 3.8) is 0 Å². The SMILES string of the molecule is Cc1c(-c2cccc(N(C)C)c2)cnn1C(F)F. The van der Waals surface area contributed by atoms with Gasteiger partial charge in [0.15, 0.2) is 0 Å². The smallest absolute Gasteiger partial charge is 0.333 e. The van der Waals surface area contributed by atoms with Gasteiger partial charge in [-0.2, -0.15) is 13.9 Å². The molecule has 0 saturated carbocycles. The Hall–Kier alpha value is -1.91. The summed E-state index contributed by atoms with van der Waals surface area (Å²) in [5, 5.41) is 3.72. The zero-order valence-electron chi connectivity index (χ0n) is 10.6. The van der Waals surface area contributed by atoms with E-state index >= 15 is 0 Å². The molecule has 0 fully saturated rings. The Labute approximate surface area is 105 Å². The van der Waals surface area contributed by atoms with Gasteiger partial charge in [0.1, 0.15) is 0 Å². The molecule has 1 aromatic heterocycles. The monoisotopic (exact) mass is 251 g/mol. The van der Waals surface area contributed by atoms with E-state index < -0.39 is 6.55 Å². The van der Waals surface area contributed by atoms with Gasteiger partial charge in [-0.05, 0) is 24.6 Å². The van der Waals surface area contributed by atoms with Gasteiger partial charge in [-0.1, -0.05) is 12.1 Å². The van der Waals surface area contributed by atoms with E-state index in [2.05, 4.69) is 5.10 Å². The van der Waals surface area contributed by atoms with Gasteiger partial charge in [0, 0.05) is 31.0 Å². The van der Waals surface area contributed by atoms with Gasteiger partial charge in [0.25, 0.3) is 0 Å². The molecule has 0 aliphatic rings. The van der Waals surface area contributed by atoms with E-state index in [0.717, 1.165) is 21.5 Å². The van der Waals surface area contributed by atoms with Crippen molar-refractivity contribution in [2.75, 3.05) is 19.0 Å². The fourth-order valence-electron chi connectivity index (χ4n) is 1.86. The van der Waals surface area contributed by atoms with Crippen molar-refractivity contribution in [3.8, 4) is 11.1 Å². The van der Waals surface area contributed by atoms with Crippen molar-refractivity contribution in [3.05, 3.63) is 36.2 Å². The van der Waals surface area contributed by atoms with Gasteiger partial charge in [-0.15, -0.1) is 0 Å². The molecule has 0 spiro atoms. The Bertz CT molecular complexity index is 547. The highest BCUT2D eigenvalue weighted by Gasteiger charge is 2.14. The Morgan fingerprint density at radius 1 is 1.28 bits per heavy atom. The van der Waals surface area contributed by atoms with Crippen molar-refractivity contribution >= 4 is 5.69 Å². The number of rotatable bonds is 3. The molecule has 1 aromatic carbocycles. The summed E-state index contributed by atoms with van der Waals surface area (Å²) in [5.74, 6) is 0. The molecule has 2 aromatic rings. The first-order chi connectivity index (χ1) is 8.50. The van der Waals surface area contributed by atoms with E-state index in [4.69, 9.17) is 0 Å². The third kappa shape index (κ3) is 2.20. The lowest BCUT2D eigenvalue weighted by atomic mass is 10.1. The molecule has 0 atom stereocenters. The highest BCUT2D eigenvalue weighted by molar-refractivity contribution is 5.69. The molecular weight excluding hydrogens is 236 g/mol. The minimum Gasteiger partial charge on any atom is -0.378 e. The lowest BCUT2D eigenvalue weighted by Gasteiger charge is -2.13. The molecule has 0 saturated heterocycles. The Morgan fingerprint density at radius 3 is 2.56 bits per heavy atom. The third-order valence-corrected chi connectivity index (χ3v) is 2.90. The van der Waals surface area contributed by atoms with E-state index in [1.54, 1.807) is 6.92 Å². The fraction of sp³-hybridized carbons (Fsp3) is 0.308. The average Bonchev–Trinajstić information content (AvgIpc) is 2.71. The first-order valence-corrected chi connectivity index (χ1v) is 5.60. The van der Waals surface area contributed by atoms with Crippen molar-refractivity contribution in [1.29, 1.82) is 0 Å². The standard InChI is InChI=1S/C13H15F2N3/c1-9-12(8-16-18(9)13(14)15)10-5-4-6-11(7-10)17(2)3/h4-8,13H,1-3H3. The maximum Gasteiger partial charge on any atom is 0.333 e. The molecule has 3 nitrogen and oxygen atoms in total. The minimum absolute atomic E-state index is 0.473. The number of alkyl halides is 2. The van der Waals surface area contributed by atoms with Crippen LogP contribution >= 0.6 is 0 Å². The lowest BCUT2D eigenvalue weighted by Crippen LogP contribution is -2.08. The number of aromatic nitrogens is 2. The number of hydrogen-bond donors (Lipinski definition) is 0. The molecule has 0 unspecified atom stereocenters. The van der Waals surface area contributed by atoms with Gasteiger partial charge < -0.3 is 4.90 Å². The van der Waals surface area contributed by atoms with Gasteiger partial charge in [0.2, 0.25) is 0 Å². The van der Waals surface area contributed by atoms with Gasteiger partial charge in [-0.3, -0.25) is 0 Å². The predicted octanol–water partition coefficient (Wildman–Crippen LogP) is 3.32. The second kappa shape index (κ2) is 4.76. The third-order valence-electron chi connectivity index (χ3n) is 2.90. The van der Waals surface area contributed by atoms with Crippen LogP contribution in [0.1, 0.15) is 12.2 Å². The van der Waals surface area contributed by atoms with Crippen molar-refractivity contribution < 1.29 is 8.78 Å². The highest BCUT2D eigenvalue weighted by atomic mass is 19.3. The zero-order valence-corrected chi connectivity index (χ0v) is 10.6. The summed E-state index contributed by atoms with van der Waals surface area (Å²) < 4.78 is 26.0. The normalized spacial score (nSPS) is 11.0. The van der Waals surface area contributed by atoms with Crippen molar-refractivity contribution in [2.24, 2.45) is 0 Å². The first kappa shape index (κ1) is 12.5. The first-order valence-electron chi connectivity index (χ1n) is 5.60. The second-order valence-corrected chi connectivity index (χ2v) is 4.31.